The summed E-state index contributed by atoms with van der Waals surface area (Å²) < 4.78 is 0. The van der Waals surface area contributed by atoms with Crippen LogP contribution >= 0.6 is 0 Å². The SMILES string of the molecule is C[C@@]12CCC[C@H]1[C@@H]1CCc3c[c]ccc3[C@H]1CC2. The molecule has 1 aromatic carbocycles. The number of fused-ring (bicyclic) bond motifs is 5. The van der Waals surface area contributed by atoms with Crippen LogP contribution in [0, 0.1) is 23.3 Å². The van der Waals surface area contributed by atoms with E-state index in [1.165, 1.54) is 44.9 Å². The van der Waals surface area contributed by atoms with Gasteiger partial charge in [-0.1, -0.05) is 31.5 Å². The maximum atomic E-state index is 3.27. The van der Waals surface area contributed by atoms with Crippen LogP contribution in [0.1, 0.15) is 62.5 Å². The summed E-state index contributed by atoms with van der Waals surface area (Å²) in [4.78, 5) is 0. The molecule has 3 aliphatic carbocycles. The molecule has 18 heavy (non-hydrogen) atoms. The number of aryl methyl sites for hydroxylation is 1. The third-order valence-corrected chi connectivity index (χ3v) is 6.35. The van der Waals surface area contributed by atoms with Crippen molar-refractivity contribution < 1.29 is 0 Å². The Morgan fingerprint density at radius 1 is 1.22 bits per heavy atom. The van der Waals surface area contributed by atoms with E-state index in [1.54, 1.807) is 11.1 Å². The van der Waals surface area contributed by atoms with Gasteiger partial charge in [0.1, 0.15) is 0 Å². The highest BCUT2D eigenvalue weighted by atomic mass is 14.5. The van der Waals surface area contributed by atoms with Crippen molar-refractivity contribution in [3.05, 3.63) is 35.4 Å². The molecule has 0 N–H and O–H groups in total. The summed E-state index contributed by atoms with van der Waals surface area (Å²) in [5, 5.41) is 0. The molecule has 0 heteroatoms. The van der Waals surface area contributed by atoms with Gasteiger partial charge >= 0.3 is 0 Å². The van der Waals surface area contributed by atoms with Gasteiger partial charge in [0, 0.05) is 0 Å². The molecular weight excluding hydrogens is 216 g/mol. The van der Waals surface area contributed by atoms with Crippen molar-refractivity contribution in [3.8, 4) is 0 Å². The molecule has 2 fully saturated rings. The lowest BCUT2D eigenvalue weighted by atomic mass is 9.56. The largest absolute Gasteiger partial charge is 0.0594 e. The van der Waals surface area contributed by atoms with Crippen molar-refractivity contribution in [2.45, 2.75) is 57.8 Å². The summed E-state index contributed by atoms with van der Waals surface area (Å²) >= 11 is 0. The van der Waals surface area contributed by atoms with Crippen LogP contribution in [-0.2, 0) is 6.42 Å². The van der Waals surface area contributed by atoms with Gasteiger partial charge in [0.05, 0.1) is 0 Å². The lowest BCUT2D eigenvalue weighted by Crippen LogP contribution is -2.39. The fourth-order valence-corrected chi connectivity index (χ4v) is 5.45. The molecule has 3 aliphatic rings. The highest BCUT2D eigenvalue weighted by Gasteiger charge is 2.49. The van der Waals surface area contributed by atoms with E-state index in [0.717, 1.165) is 17.8 Å². The minimum atomic E-state index is 0.694. The lowest BCUT2D eigenvalue weighted by molar-refractivity contribution is 0.0598. The maximum absolute atomic E-state index is 3.27. The average molecular weight is 239 g/mol. The number of hydrogen-bond donors (Lipinski definition) is 0. The highest BCUT2D eigenvalue weighted by molar-refractivity contribution is 5.34. The second kappa shape index (κ2) is 3.85. The maximum Gasteiger partial charge on any atom is -0.0128 e. The van der Waals surface area contributed by atoms with Crippen LogP contribution in [0.2, 0.25) is 0 Å². The first-order valence-corrected chi connectivity index (χ1v) is 7.77. The molecule has 0 bridgehead atoms. The van der Waals surface area contributed by atoms with E-state index in [2.05, 4.69) is 31.2 Å². The van der Waals surface area contributed by atoms with E-state index in [1.807, 2.05) is 0 Å². The Morgan fingerprint density at radius 3 is 3.11 bits per heavy atom. The fraction of sp³-hybridized carbons (Fsp3) is 0.667. The predicted molar refractivity (Wildman–Crippen MR) is 74.5 cm³/mol. The summed E-state index contributed by atoms with van der Waals surface area (Å²) in [6.45, 7) is 2.58. The number of benzene rings is 1. The van der Waals surface area contributed by atoms with Gasteiger partial charge in [-0.15, -0.1) is 0 Å². The molecular formula is C18H23. The molecule has 1 radical (unpaired) electrons. The van der Waals surface area contributed by atoms with Crippen LogP contribution in [-0.4, -0.2) is 0 Å². The molecule has 0 amide bonds. The van der Waals surface area contributed by atoms with Crippen LogP contribution in [0.15, 0.2) is 18.2 Å². The Hall–Kier alpha value is -0.780. The molecule has 1 aromatic rings. The summed E-state index contributed by atoms with van der Waals surface area (Å²) in [7, 11) is 0. The smallest absolute Gasteiger partial charge is 0.0128 e. The first kappa shape index (κ1) is 11.1. The molecule has 0 nitrogen and oxygen atoms in total. The summed E-state index contributed by atoms with van der Waals surface area (Å²) in [5.74, 6) is 2.88. The zero-order valence-electron chi connectivity index (χ0n) is 11.4. The van der Waals surface area contributed by atoms with Crippen molar-refractivity contribution in [1.82, 2.24) is 0 Å². The standard InChI is InChI=1S/C18H23/c1-18-11-4-7-17(18)16-9-8-13-5-2-3-6-14(13)15(16)10-12-18/h3,5-6,15-17H,4,7-12H2,1H3/t15-,16-,17+,18+/m1/s1. The summed E-state index contributed by atoms with van der Waals surface area (Å²) in [6.07, 6.45) is 10.1. The summed E-state index contributed by atoms with van der Waals surface area (Å²) in [5.41, 5.74) is 3.97. The Bertz CT molecular complexity index is 461. The van der Waals surface area contributed by atoms with Crippen LogP contribution in [0.25, 0.3) is 0 Å². The molecule has 0 spiro atoms. The van der Waals surface area contributed by atoms with Gasteiger partial charge in [-0.25, -0.2) is 0 Å². The second-order valence-corrected chi connectivity index (χ2v) is 7.13. The Balaban J connectivity index is 1.73. The number of rotatable bonds is 0. The van der Waals surface area contributed by atoms with Crippen LogP contribution in [0.4, 0.5) is 0 Å². The minimum absolute atomic E-state index is 0.694. The molecule has 0 heterocycles. The van der Waals surface area contributed by atoms with Crippen molar-refractivity contribution in [3.63, 3.8) is 0 Å². The summed E-state index contributed by atoms with van der Waals surface area (Å²) in [6, 6.07) is 10.0. The second-order valence-electron chi connectivity index (χ2n) is 7.13. The van der Waals surface area contributed by atoms with Crippen LogP contribution in [0.5, 0.6) is 0 Å². The van der Waals surface area contributed by atoms with E-state index in [-0.39, 0.29) is 0 Å². The Kier molecular flexibility index (Phi) is 2.37. The molecule has 95 valence electrons. The minimum Gasteiger partial charge on any atom is -0.0594 e. The lowest BCUT2D eigenvalue weighted by Gasteiger charge is -2.49. The predicted octanol–water partition coefficient (Wildman–Crippen LogP) is 4.73. The molecule has 2 saturated carbocycles. The Morgan fingerprint density at radius 2 is 2.17 bits per heavy atom. The van der Waals surface area contributed by atoms with Gasteiger partial charge in [0.2, 0.25) is 0 Å². The van der Waals surface area contributed by atoms with Crippen molar-refractivity contribution in [2.24, 2.45) is 17.3 Å². The van der Waals surface area contributed by atoms with Crippen LogP contribution in [0.3, 0.4) is 0 Å². The third kappa shape index (κ3) is 1.44. The van der Waals surface area contributed by atoms with Crippen molar-refractivity contribution >= 4 is 0 Å². The number of hydrogen-bond acceptors (Lipinski definition) is 0. The topological polar surface area (TPSA) is 0 Å². The molecule has 4 atom stereocenters. The van der Waals surface area contributed by atoms with E-state index in [4.69, 9.17) is 0 Å². The van der Waals surface area contributed by atoms with Crippen molar-refractivity contribution in [1.29, 1.82) is 0 Å². The highest BCUT2D eigenvalue weighted by Crippen LogP contribution is 2.60. The molecule has 0 saturated heterocycles. The van der Waals surface area contributed by atoms with E-state index >= 15 is 0 Å². The van der Waals surface area contributed by atoms with Gasteiger partial charge in [0.25, 0.3) is 0 Å². The van der Waals surface area contributed by atoms with E-state index in [9.17, 15) is 0 Å². The molecule has 0 unspecified atom stereocenters. The molecule has 0 aromatic heterocycles. The first-order valence-electron chi connectivity index (χ1n) is 7.77. The Labute approximate surface area is 111 Å². The van der Waals surface area contributed by atoms with Crippen LogP contribution < -0.4 is 0 Å². The molecule has 4 rings (SSSR count). The fourth-order valence-electron chi connectivity index (χ4n) is 5.45. The van der Waals surface area contributed by atoms with Gasteiger partial charge in [-0.3, -0.25) is 0 Å². The quantitative estimate of drug-likeness (QED) is 0.614. The monoisotopic (exact) mass is 239 g/mol. The first-order chi connectivity index (χ1) is 8.78. The third-order valence-electron chi connectivity index (χ3n) is 6.35. The van der Waals surface area contributed by atoms with Gasteiger partial charge in [0.15, 0.2) is 0 Å². The van der Waals surface area contributed by atoms with Gasteiger partial charge < -0.3 is 0 Å². The average Bonchev–Trinajstić information content (AvgIpc) is 2.80. The van der Waals surface area contributed by atoms with Gasteiger partial charge in [-0.05, 0) is 78.9 Å². The zero-order valence-corrected chi connectivity index (χ0v) is 11.4. The van der Waals surface area contributed by atoms with Gasteiger partial charge in [-0.2, -0.15) is 0 Å². The van der Waals surface area contributed by atoms with E-state index in [0.29, 0.717) is 5.41 Å². The normalized spacial score (nSPS) is 41.9. The zero-order chi connectivity index (χ0) is 12.2. The van der Waals surface area contributed by atoms with Crippen molar-refractivity contribution in [2.75, 3.05) is 0 Å². The molecule has 0 aliphatic heterocycles. The van der Waals surface area contributed by atoms with E-state index < -0.39 is 0 Å².